The van der Waals surface area contributed by atoms with E-state index in [1.807, 2.05) is 6.07 Å². The monoisotopic (exact) mass is 220 g/mol. The maximum atomic E-state index is 13.2. The summed E-state index contributed by atoms with van der Waals surface area (Å²) in [7, 11) is 0. The van der Waals surface area contributed by atoms with Gasteiger partial charge in [-0.15, -0.1) is 0 Å². The molecule has 0 aromatic heterocycles. The maximum Gasteiger partial charge on any atom is 0.125 e. The Balaban J connectivity index is 1.74. The number of hydrogen-bond donors (Lipinski definition) is 1. The molecule has 1 aliphatic heterocycles. The van der Waals surface area contributed by atoms with E-state index in [2.05, 4.69) is 4.90 Å². The van der Waals surface area contributed by atoms with Gasteiger partial charge in [-0.2, -0.15) is 0 Å². The van der Waals surface area contributed by atoms with Crippen molar-refractivity contribution >= 4 is 5.69 Å². The average molecular weight is 220 g/mol. The highest BCUT2D eigenvalue weighted by Gasteiger charge is 2.37. The average Bonchev–Trinajstić information content (AvgIpc) is 2.77. The molecule has 0 amide bonds. The first-order valence-electron chi connectivity index (χ1n) is 6.00. The largest absolute Gasteiger partial charge is 0.399 e. The smallest absolute Gasteiger partial charge is 0.125 e. The molecule has 3 heteroatoms. The standard InChI is InChI=1S/C13H17FN2/c14-11-3-10(4-12(15)6-11)8-16-7-9-1-2-13(16)5-9/h3-4,6,9,13H,1-2,5,7-8,15H2. The van der Waals surface area contributed by atoms with Gasteiger partial charge in [-0.25, -0.2) is 4.39 Å². The fourth-order valence-electron chi connectivity index (χ4n) is 3.22. The SMILES string of the molecule is Nc1cc(F)cc(CN2CC3CCC2C3)c1. The Kier molecular flexibility index (Phi) is 2.36. The summed E-state index contributed by atoms with van der Waals surface area (Å²) in [4.78, 5) is 2.47. The molecule has 1 heterocycles. The molecule has 0 radical (unpaired) electrons. The van der Waals surface area contributed by atoms with E-state index in [-0.39, 0.29) is 5.82 Å². The molecular formula is C13H17FN2. The fourth-order valence-corrected chi connectivity index (χ4v) is 3.22. The van der Waals surface area contributed by atoms with Gasteiger partial charge in [0.25, 0.3) is 0 Å². The number of nitrogens with two attached hydrogens (primary N) is 1. The molecule has 1 aromatic carbocycles. The summed E-state index contributed by atoms with van der Waals surface area (Å²) in [5, 5.41) is 0. The molecule has 3 rings (SSSR count). The van der Waals surface area contributed by atoms with Crippen molar-refractivity contribution in [1.82, 2.24) is 4.90 Å². The second kappa shape index (κ2) is 3.74. The lowest BCUT2D eigenvalue weighted by Gasteiger charge is -2.26. The molecular weight excluding hydrogens is 203 g/mol. The fraction of sp³-hybridized carbons (Fsp3) is 0.538. The van der Waals surface area contributed by atoms with Crippen LogP contribution in [0, 0.1) is 11.7 Å². The van der Waals surface area contributed by atoms with E-state index in [9.17, 15) is 4.39 Å². The zero-order chi connectivity index (χ0) is 11.1. The second-order valence-electron chi connectivity index (χ2n) is 5.16. The Bertz CT molecular complexity index is 385. The van der Waals surface area contributed by atoms with Crippen molar-refractivity contribution in [2.24, 2.45) is 5.92 Å². The zero-order valence-electron chi connectivity index (χ0n) is 9.32. The summed E-state index contributed by atoms with van der Waals surface area (Å²) >= 11 is 0. The van der Waals surface area contributed by atoms with Gasteiger partial charge in [0, 0.05) is 24.8 Å². The number of halogens is 1. The predicted molar refractivity (Wildman–Crippen MR) is 62.4 cm³/mol. The third-order valence-corrected chi connectivity index (χ3v) is 3.89. The third kappa shape index (κ3) is 1.80. The molecule has 2 unspecified atom stereocenters. The van der Waals surface area contributed by atoms with Gasteiger partial charge in [0.2, 0.25) is 0 Å². The maximum absolute atomic E-state index is 13.2. The van der Waals surface area contributed by atoms with Gasteiger partial charge >= 0.3 is 0 Å². The molecule has 2 aliphatic rings. The van der Waals surface area contributed by atoms with Crippen molar-refractivity contribution in [1.29, 1.82) is 0 Å². The van der Waals surface area contributed by atoms with Crippen LogP contribution in [0.5, 0.6) is 0 Å². The van der Waals surface area contributed by atoms with Crippen molar-refractivity contribution in [3.8, 4) is 0 Å². The summed E-state index contributed by atoms with van der Waals surface area (Å²) in [5.74, 6) is 0.662. The molecule has 16 heavy (non-hydrogen) atoms. The quantitative estimate of drug-likeness (QED) is 0.775. The molecule has 2 fully saturated rings. The van der Waals surface area contributed by atoms with Gasteiger partial charge in [-0.3, -0.25) is 4.90 Å². The summed E-state index contributed by atoms with van der Waals surface area (Å²) in [6.45, 7) is 2.03. The molecule has 0 spiro atoms. The Morgan fingerprint density at radius 2 is 2.19 bits per heavy atom. The van der Waals surface area contributed by atoms with Gasteiger partial charge < -0.3 is 5.73 Å². The molecule has 1 aromatic rings. The Hall–Kier alpha value is -1.09. The molecule has 2 N–H and O–H groups in total. The highest BCUT2D eigenvalue weighted by molar-refractivity contribution is 5.41. The van der Waals surface area contributed by atoms with Crippen LogP contribution in [0.15, 0.2) is 18.2 Å². The minimum Gasteiger partial charge on any atom is -0.399 e. The minimum atomic E-state index is -0.223. The van der Waals surface area contributed by atoms with Crippen LogP contribution in [0.4, 0.5) is 10.1 Å². The number of fused-ring (bicyclic) bond motifs is 2. The first-order valence-corrected chi connectivity index (χ1v) is 6.00. The van der Waals surface area contributed by atoms with Crippen LogP contribution in [-0.4, -0.2) is 17.5 Å². The summed E-state index contributed by atoms with van der Waals surface area (Å²) in [6.07, 6.45) is 4.03. The van der Waals surface area contributed by atoms with Gasteiger partial charge in [0.15, 0.2) is 0 Å². The van der Waals surface area contributed by atoms with Gasteiger partial charge in [-0.1, -0.05) is 0 Å². The zero-order valence-corrected chi connectivity index (χ0v) is 9.32. The number of rotatable bonds is 2. The van der Waals surface area contributed by atoms with E-state index in [4.69, 9.17) is 5.73 Å². The van der Waals surface area contributed by atoms with Crippen LogP contribution >= 0.6 is 0 Å². The van der Waals surface area contributed by atoms with Crippen LogP contribution < -0.4 is 5.73 Å². The first-order chi connectivity index (χ1) is 7.70. The van der Waals surface area contributed by atoms with E-state index >= 15 is 0 Å². The van der Waals surface area contributed by atoms with E-state index in [0.717, 1.165) is 24.1 Å². The number of nitrogens with zero attached hydrogens (tertiary/aromatic N) is 1. The Morgan fingerprint density at radius 3 is 2.81 bits per heavy atom. The van der Waals surface area contributed by atoms with Crippen molar-refractivity contribution in [3.05, 3.63) is 29.6 Å². The molecule has 1 aliphatic carbocycles. The molecule has 2 bridgehead atoms. The molecule has 1 saturated carbocycles. The molecule has 2 atom stereocenters. The van der Waals surface area contributed by atoms with E-state index < -0.39 is 0 Å². The lowest BCUT2D eigenvalue weighted by Crippen LogP contribution is -2.31. The van der Waals surface area contributed by atoms with Crippen molar-refractivity contribution in [2.45, 2.75) is 31.8 Å². The number of anilines is 1. The predicted octanol–water partition coefficient (Wildman–Crippen LogP) is 2.39. The highest BCUT2D eigenvalue weighted by Crippen LogP contribution is 2.38. The van der Waals surface area contributed by atoms with Gasteiger partial charge in [0.05, 0.1) is 0 Å². The van der Waals surface area contributed by atoms with Crippen molar-refractivity contribution in [3.63, 3.8) is 0 Å². The van der Waals surface area contributed by atoms with Crippen LogP contribution in [-0.2, 0) is 6.54 Å². The Morgan fingerprint density at radius 1 is 1.31 bits per heavy atom. The summed E-state index contributed by atoms with van der Waals surface area (Å²) in [6, 6.07) is 5.59. The van der Waals surface area contributed by atoms with E-state index in [1.165, 1.54) is 31.9 Å². The normalized spacial score (nSPS) is 28.8. The molecule has 1 saturated heterocycles. The van der Waals surface area contributed by atoms with Crippen LogP contribution in [0.2, 0.25) is 0 Å². The molecule has 86 valence electrons. The van der Waals surface area contributed by atoms with Crippen molar-refractivity contribution in [2.75, 3.05) is 12.3 Å². The number of benzene rings is 1. The minimum absolute atomic E-state index is 0.223. The number of nitrogen functional groups attached to an aromatic ring is 1. The number of likely N-dealkylation sites (tertiary alicyclic amines) is 1. The second-order valence-corrected chi connectivity index (χ2v) is 5.16. The number of piperidine rings is 1. The third-order valence-electron chi connectivity index (χ3n) is 3.89. The lowest BCUT2D eigenvalue weighted by atomic mass is 10.1. The van der Waals surface area contributed by atoms with Crippen LogP contribution in [0.3, 0.4) is 0 Å². The molecule has 2 nitrogen and oxygen atoms in total. The van der Waals surface area contributed by atoms with Crippen LogP contribution in [0.1, 0.15) is 24.8 Å². The number of hydrogen-bond acceptors (Lipinski definition) is 2. The highest BCUT2D eigenvalue weighted by atomic mass is 19.1. The summed E-state index contributed by atoms with van der Waals surface area (Å²) < 4.78 is 13.2. The van der Waals surface area contributed by atoms with Crippen LogP contribution in [0.25, 0.3) is 0 Å². The first kappa shape index (κ1) is 10.1. The van der Waals surface area contributed by atoms with Crippen molar-refractivity contribution < 1.29 is 4.39 Å². The topological polar surface area (TPSA) is 29.3 Å². The Labute approximate surface area is 95.2 Å². The van der Waals surface area contributed by atoms with E-state index in [1.54, 1.807) is 6.07 Å². The summed E-state index contributed by atoms with van der Waals surface area (Å²) in [5.41, 5.74) is 7.18. The lowest BCUT2D eigenvalue weighted by molar-refractivity contribution is 0.205. The van der Waals surface area contributed by atoms with E-state index in [0.29, 0.717) is 5.69 Å². The van der Waals surface area contributed by atoms with Gasteiger partial charge in [0.1, 0.15) is 5.82 Å². The van der Waals surface area contributed by atoms with Gasteiger partial charge in [-0.05, 0) is 48.9 Å².